The number of rotatable bonds is 4. The Kier molecular flexibility index (Phi) is 5.45. The summed E-state index contributed by atoms with van der Waals surface area (Å²) in [6.45, 7) is 0.909. The van der Waals surface area contributed by atoms with Crippen LogP contribution in [0.3, 0.4) is 0 Å². The van der Waals surface area contributed by atoms with Crippen molar-refractivity contribution in [3.05, 3.63) is 60.4 Å². The first-order valence-electron chi connectivity index (χ1n) is 8.99. The molecule has 7 heteroatoms. The highest BCUT2D eigenvalue weighted by Gasteiger charge is 2.24. The molecule has 0 saturated carbocycles. The predicted molar refractivity (Wildman–Crippen MR) is 118 cm³/mol. The molecule has 1 aromatic heterocycles. The number of alkyl halides is 1. The molecule has 0 saturated heterocycles. The van der Waals surface area contributed by atoms with Crippen LogP contribution in [0.4, 0.5) is 17.2 Å². The molecule has 0 bridgehead atoms. The van der Waals surface area contributed by atoms with Crippen molar-refractivity contribution in [1.29, 1.82) is 0 Å². The summed E-state index contributed by atoms with van der Waals surface area (Å²) >= 11 is 3.30. The first-order valence-corrected chi connectivity index (χ1v) is 10.1. The molecule has 29 heavy (non-hydrogen) atoms. The lowest BCUT2D eigenvalue weighted by Crippen LogP contribution is -2.36. The second kappa shape index (κ2) is 8.33. The van der Waals surface area contributed by atoms with Gasteiger partial charge in [-0.25, -0.2) is 9.97 Å². The predicted octanol–water partition coefficient (Wildman–Crippen LogP) is 4.03. The molecule has 144 valence electrons. The number of hydrogen-bond donors (Lipinski definition) is 1. The van der Waals surface area contributed by atoms with Gasteiger partial charge in [-0.2, -0.15) is 0 Å². The molecule has 1 aliphatic heterocycles. The van der Waals surface area contributed by atoms with E-state index in [-0.39, 0.29) is 5.91 Å². The van der Waals surface area contributed by atoms with E-state index in [9.17, 15) is 4.79 Å². The molecule has 0 atom stereocenters. The number of aromatic nitrogens is 2. The molecule has 6 nitrogen and oxygen atoms in total. The highest BCUT2D eigenvalue weighted by atomic mass is 79.9. The molecule has 2 aromatic carbocycles. The average molecular weight is 449 g/mol. The Morgan fingerprint density at radius 2 is 2.24 bits per heavy atom. The zero-order valence-corrected chi connectivity index (χ0v) is 17.0. The van der Waals surface area contributed by atoms with Gasteiger partial charge in [0.15, 0.2) is 0 Å². The van der Waals surface area contributed by atoms with Crippen molar-refractivity contribution in [3.8, 4) is 18.1 Å². The monoisotopic (exact) mass is 448 g/mol. The zero-order valence-electron chi connectivity index (χ0n) is 15.4. The Morgan fingerprint density at radius 3 is 3.07 bits per heavy atom. The molecule has 0 aliphatic carbocycles. The van der Waals surface area contributed by atoms with Crippen molar-refractivity contribution in [2.45, 2.75) is 0 Å². The van der Waals surface area contributed by atoms with Crippen LogP contribution in [0.15, 0.2) is 54.9 Å². The lowest BCUT2D eigenvalue weighted by molar-refractivity contribution is -0.114. The van der Waals surface area contributed by atoms with Gasteiger partial charge in [-0.15, -0.1) is 6.42 Å². The number of amides is 1. The van der Waals surface area contributed by atoms with Crippen LogP contribution >= 0.6 is 15.9 Å². The number of halogens is 1. The summed E-state index contributed by atoms with van der Waals surface area (Å²) in [5.41, 5.74) is 3.01. The number of nitrogens with one attached hydrogen (secondary N) is 1. The third kappa shape index (κ3) is 3.93. The minimum Gasteiger partial charge on any atom is -0.489 e. The first-order chi connectivity index (χ1) is 14.2. The fourth-order valence-corrected chi connectivity index (χ4v) is 3.34. The van der Waals surface area contributed by atoms with Gasteiger partial charge in [0.05, 0.1) is 17.7 Å². The number of carbonyl (C=O) groups is 1. The summed E-state index contributed by atoms with van der Waals surface area (Å²) in [6.07, 6.45) is 10.3. The molecular formula is C22H17BrN4O2. The minimum atomic E-state index is -0.0959. The maximum absolute atomic E-state index is 12.6. The van der Waals surface area contributed by atoms with Gasteiger partial charge in [-0.1, -0.05) is 34.0 Å². The Bertz CT molecular complexity index is 1150. The van der Waals surface area contributed by atoms with Crippen LogP contribution in [0, 0.1) is 12.3 Å². The summed E-state index contributed by atoms with van der Waals surface area (Å²) in [7, 11) is 0. The number of nitrogens with zero attached hydrogens (tertiary/aromatic N) is 3. The van der Waals surface area contributed by atoms with Gasteiger partial charge < -0.3 is 15.0 Å². The van der Waals surface area contributed by atoms with Crippen LogP contribution in [0.1, 0.15) is 5.56 Å². The first kappa shape index (κ1) is 19.0. The summed E-state index contributed by atoms with van der Waals surface area (Å²) in [5, 5.41) is 4.70. The van der Waals surface area contributed by atoms with Crippen molar-refractivity contribution in [1.82, 2.24) is 9.97 Å². The van der Waals surface area contributed by atoms with Crippen molar-refractivity contribution in [2.24, 2.45) is 0 Å². The summed E-state index contributed by atoms with van der Waals surface area (Å²) < 4.78 is 5.77. The molecule has 2 heterocycles. The topological polar surface area (TPSA) is 67.4 Å². The van der Waals surface area contributed by atoms with Crippen LogP contribution in [0.25, 0.3) is 10.9 Å². The van der Waals surface area contributed by atoms with Gasteiger partial charge in [0, 0.05) is 34.1 Å². The smallest absolute Gasteiger partial charge is 0.250 e. The summed E-state index contributed by atoms with van der Waals surface area (Å²) in [4.78, 5) is 23.0. The average Bonchev–Trinajstić information content (AvgIpc) is 2.76. The molecule has 3 aromatic rings. The normalized spacial score (nSPS) is 13.0. The molecule has 1 amide bonds. The van der Waals surface area contributed by atoms with Gasteiger partial charge in [-0.3, -0.25) is 4.79 Å². The van der Waals surface area contributed by atoms with Crippen molar-refractivity contribution in [2.75, 3.05) is 28.7 Å². The van der Waals surface area contributed by atoms with Crippen LogP contribution < -0.4 is 15.0 Å². The molecule has 0 unspecified atom stereocenters. The third-order valence-electron chi connectivity index (χ3n) is 4.49. The van der Waals surface area contributed by atoms with Crippen LogP contribution in [-0.2, 0) is 4.79 Å². The fraction of sp³-hybridized carbons (Fsp3) is 0.136. The van der Waals surface area contributed by atoms with Crippen LogP contribution in [-0.4, -0.2) is 34.4 Å². The highest BCUT2D eigenvalue weighted by molar-refractivity contribution is 9.09. The van der Waals surface area contributed by atoms with Gasteiger partial charge >= 0.3 is 0 Å². The highest BCUT2D eigenvalue weighted by Crippen LogP contribution is 2.37. The number of anilines is 3. The number of allylic oxidation sites excluding steroid dienone is 1. The van der Waals surface area contributed by atoms with Crippen LogP contribution in [0.2, 0.25) is 0 Å². The van der Waals surface area contributed by atoms with Crippen molar-refractivity contribution < 1.29 is 9.53 Å². The molecule has 4 rings (SSSR count). The Morgan fingerprint density at radius 1 is 1.34 bits per heavy atom. The molecular weight excluding hydrogens is 432 g/mol. The van der Waals surface area contributed by atoms with Crippen molar-refractivity contribution >= 4 is 49.9 Å². The third-order valence-corrected chi connectivity index (χ3v) is 4.86. The maximum Gasteiger partial charge on any atom is 0.250 e. The number of benzene rings is 2. The van der Waals surface area contributed by atoms with Gasteiger partial charge in [0.25, 0.3) is 5.91 Å². The Labute approximate surface area is 176 Å². The van der Waals surface area contributed by atoms with Gasteiger partial charge in [-0.05, 0) is 24.3 Å². The number of terminal acetylenes is 1. The van der Waals surface area contributed by atoms with E-state index >= 15 is 0 Å². The molecule has 1 aliphatic rings. The Hall–Kier alpha value is -3.37. The lowest BCUT2D eigenvalue weighted by atomic mass is 10.1. The van der Waals surface area contributed by atoms with Crippen LogP contribution in [0.5, 0.6) is 5.75 Å². The number of fused-ring (bicyclic) bond motifs is 2. The maximum atomic E-state index is 12.6. The summed E-state index contributed by atoms with van der Waals surface area (Å²) in [5.74, 6) is 3.78. The van der Waals surface area contributed by atoms with E-state index in [0.717, 1.165) is 22.2 Å². The van der Waals surface area contributed by atoms with Gasteiger partial charge in [0.1, 0.15) is 24.5 Å². The van der Waals surface area contributed by atoms with Crippen molar-refractivity contribution in [3.63, 3.8) is 0 Å². The minimum absolute atomic E-state index is 0.0959. The number of hydrogen-bond acceptors (Lipinski definition) is 5. The van der Waals surface area contributed by atoms with E-state index in [1.807, 2.05) is 36.4 Å². The van der Waals surface area contributed by atoms with E-state index in [2.05, 4.69) is 37.1 Å². The molecule has 0 fully saturated rings. The zero-order chi connectivity index (χ0) is 20.2. The van der Waals surface area contributed by atoms with E-state index in [4.69, 9.17) is 11.2 Å². The van der Waals surface area contributed by atoms with E-state index < -0.39 is 0 Å². The Balaban J connectivity index is 1.77. The number of ether oxygens (including phenoxy) is 1. The second-order valence-corrected chi connectivity index (χ2v) is 6.95. The standard InChI is InChI=1S/C22H17BrN4O2/c1-2-15-5-3-6-16(11-15)26-22-17-12-19-20(13-18(17)24-14-25-22)29-10-9-27(19)21(28)7-4-8-23/h1,3-7,11-14H,8-10H2,(H,24,25,26). The second-order valence-electron chi connectivity index (χ2n) is 6.30. The fourth-order valence-electron chi connectivity index (χ4n) is 3.15. The SMILES string of the molecule is C#Cc1cccc(Nc2ncnc3cc4c(cc23)N(C(=O)C=CCBr)CCO4)c1. The largest absolute Gasteiger partial charge is 0.489 e. The molecule has 1 N–H and O–H groups in total. The van der Waals surface area contributed by atoms with E-state index in [0.29, 0.717) is 35.7 Å². The molecule has 0 spiro atoms. The quantitative estimate of drug-likeness (QED) is 0.370. The van der Waals surface area contributed by atoms with E-state index in [1.165, 1.54) is 6.33 Å². The van der Waals surface area contributed by atoms with Gasteiger partial charge in [0.2, 0.25) is 0 Å². The molecule has 0 radical (unpaired) electrons. The summed E-state index contributed by atoms with van der Waals surface area (Å²) in [6, 6.07) is 11.3. The number of carbonyl (C=O) groups excluding carboxylic acids is 1. The lowest BCUT2D eigenvalue weighted by Gasteiger charge is -2.29. The van der Waals surface area contributed by atoms with E-state index in [1.54, 1.807) is 17.1 Å².